The van der Waals surface area contributed by atoms with E-state index in [1.165, 1.54) is 12.1 Å². The van der Waals surface area contributed by atoms with E-state index in [-0.39, 0.29) is 5.69 Å². The number of carbonyl (C=O) groups is 1. The van der Waals surface area contributed by atoms with Gasteiger partial charge in [0, 0.05) is 29.5 Å². The van der Waals surface area contributed by atoms with Crippen LogP contribution in [-0.2, 0) is 6.18 Å². The number of nitrogens with one attached hydrogen (secondary N) is 3. The first-order valence-electron chi connectivity index (χ1n) is 9.33. The summed E-state index contributed by atoms with van der Waals surface area (Å²) < 4.78 is 39.9. The van der Waals surface area contributed by atoms with Gasteiger partial charge in [0.1, 0.15) is 0 Å². The van der Waals surface area contributed by atoms with Crippen molar-refractivity contribution in [1.82, 2.24) is 20.0 Å². The molecule has 4 aromatic rings. The van der Waals surface area contributed by atoms with Gasteiger partial charge in [0.2, 0.25) is 0 Å². The van der Waals surface area contributed by atoms with Gasteiger partial charge in [-0.05, 0) is 60.7 Å². The Kier molecular flexibility index (Phi) is 5.71. The normalized spacial score (nSPS) is 11.1. The molecule has 11 heteroatoms. The second kappa shape index (κ2) is 8.76. The molecule has 0 saturated heterocycles. The summed E-state index contributed by atoms with van der Waals surface area (Å²) in [5.74, 6) is 1.09. The molecule has 0 spiro atoms. The Morgan fingerprint density at radius 2 is 1.59 bits per heavy atom. The van der Waals surface area contributed by atoms with Gasteiger partial charge in [-0.2, -0.15) is 18.3 Å². The van der Waals surface area contributed by atoms with E-state index >= 15 is 0 Å². The highest BCUT2D eigenvalue weighted by molar-refractivity contribution is 5.99. The Bertz CT molecular complexity index is 1190. The molecule has 0 unspecified atom stereocenters. The van der Waals surface area contributed by atoms with Gasteiger partial charge in [-0.25, -0.2) is 9.48 Å². The SMILES string of the molecule is O=C(Nc1ccc(Nc2ccc(-n3cccn3)nn2)cc1)Nc1cccc(C(F)(F)F)c1. The predicted molar refractivity (Wildman–Crippen MR) is 113 cm³/mol. The van der Waals surface area contributed by atoms with Crippen LogP contribution in [0.25, 0.3) is 5.82 Å². The van der Waals surface area contributed by atoms with Crippen molar-refractivity contribution in [2.24, 2.45) is 0 Å². The number of hydrogen-bond donors (Lipinski definition) is 3. The van der Waals surface area contributed by atoms with Crippen molar-refractivity contribution in [2.45, 2.75) is 6.18 Å². The first-order chi connectivity index (χ1) is 15.4. The highest BCUT2D eigenvalue weighted by atomic mass is 19.4. The maximum atomic E-state index is 12.8. The molecule has 0 fully saturated rings. The van der Waals surface area contributed by atoms with Crippen LogP contribution in [0.2, 0.25) is 0 Å². The standard InChI is InChI=1S/C21H16F3N7O/c22-21(23,24)14-3-1-4-17(13-14)28-20(32)27-16-7-5-15(6-8-16)26-18-9-10-19(30-29-18)31-12-2-11-25-31/h1-13H,(H,26,29)(H2,27,28,32). The molecule has 8 nitrogen and oxygen atoms in total. The molecule has 2 amide bonds. The van der Waals surface area contributed by atoms with Crippen molar-refractivity contribution in [3.63, 3.8) is 0 Å². The van der Waals surface area contributed by atoms with Crippen molar-refractivity contribution in [1.29, 1.82) is 0 Å². The minimum atomic E-state index is -4.49. The minimum absolute atomic E-state index is 0.0349. The second-order valence-corrected chi connectivity index (χ2v) is 6.59. The lowest BCUT2D eigenvalue weighted by atomic mass is 10.2. The Morgan fingerprint density at radius 1 is 0.844 bits per heavy atom. The number of benzene rings is 2. The third kappa shape index (κ3) is 5.19. The van der Waals surface area contributed by atoms with Crippen LogP contribution in [0.15, 0.2) is 79.1 Å². The Balaban J connectivity index is 1.34. The number of amides is 2. The summed E-state index contributed by atoms with van der Waals surface area (Å²) in [4.78, 5) is 12.1. The fourth-order valence-corrected chi connectivity index (χ4v) is 2.77. The lowest BCUT2D eigenvalue weighted by Crippen LogP contribution is -2.19. The molecule has 4 rings (SSSR count). The number of urea groups is 1. The summed E-state index contributed by atoms with van der Waals surface area (Å²) in [5.41, 5.74) is 0.356. The molecule has 162 valence electrons. The molecule has 3 N–H and O–H groups in total. The number of alkyl halides is 3. The summed E-state index contributed by atoms with van der Waals surface area (Å²) in [6.45, 7) is 0. The van der Waals surface area contributed by atoms with Gasteiger partial charge in [0.05, 0.1) is 5.56 Å². The zero-order valence-electron chi connectivity index (χ0n) is 16.3. The average Bonchev–Trinajstić information content (AvgIpc) is 3.30. The fourth-order valence-electron chi connectivity index (χ4n) is 2.77. The maximum absolute atomic E-state index is 12.8. The van der Waals surface area contributed by atoms with Crippen LogP contribution in [0, 0.1) is 0 Å². The van der Waals surface area contributed by atoms with E-state index in [1.54, 1.807) is 59.5 Å². The highest BCUT2D eigenvalue weighted by Crippen LogP contribution is 2.30. The van der Waals surface area contributed by atoms with E-state index in [2.05, 4.69) is 31.2 Å². The number of carbonyl (C=O) groups excluding carboxylic acids is 1. The van der Waals surface area contributed by atoms with E-state index in [0.29, 0.717) is 23.0 Å². The van der Waals surface area contributed by atoms with Gasteiger partial charge in [-0.15, -0.1) is 10.2 Å². The van der Waals surface area contributed by atoms with Crippen molar-refractivity contribution >= 4 is 28.9 Å². The lowest BCUT2D eigenvalue weighted by Gasteiger charge is -2.11. The average molecular weight is 439 g/mol. The largest absolute Gasteiger partial charge is 0.416 e. The summed E-state index contributed by atoms with van der Waals surface area (Å²) in [7, 11) is 0. The van der Waals surface area contributed by atoms with Crippen LogP contribution >= 0.6 is 0 Å². The van der Waals surface area contributed by atoms with Crippen LogP contribution < -0.4 is 16.0 Å². The second-order valence-electron chi connectivity index (χ2n) is 6.59. The maximum Gasteiger partial charge on any atom is 0.416 e. The summed E-state index contributed by atoms with van der Waals surface area (Å²) in [6, 6.07) is 15.7. The lowest BCUT2D eigenvalue weighted by molar-refractivity contribution is -0.137. The van der Waals surface area contributed by atoms with E-state index < -0.39 is 17.8 Å². The zero-order chi connectivity index (χ0) is 22.6. The predicted octanol–water partition coefficient (Wildman–Crippen LogP) is 5.07. The quantitative estimate of drug-likeness (QED) is 0.404. The monoisotopic (exact) mass is 439 g/mol. The molecule has 0 aliphatic rings. The fraction of sp³-hybridized carbons (Fsp3) is 0.0476. The number of aromatic nitrogens is 4. The molecular formula is C21H16F3N7O. The van der Waals surface area contributed by atoms with E-state index in [9.17, 15) is 18.0 Å². The number of halogens is 3. The molecule has 32 heavy (non-hydrogen) atoms. The van der Waals surface area contributed by atoms with Gasteiger partial charge >= 0.3 is 12.2 Å². The summed E-state index contributed by atoms with van der Waals surface area (Å²) in [6.07, 6.45) is -1.09. The van der Waals surface area contributed by atoms with Crippen molar-refractivity contribution in [3.05, 3.63) is 84.7 Å². The van der Waals surface area contributed by atoms with Gasteiger partial charge in [0.15, 0.2) is 11.6 Å². The van der Waals surface area contributed by atoms with Gasteiger partial charge in [-0.3, -0.25) is 0 Å². The molecule has 0 aliphatic heterocycles. The molecule has 0 bridgehead atoms. The van der Waals surface area contributed by atoms with Crippen molar-refractivity contribution in [3.8, 4) is 5.82 Å². The molecule has 2 aromatic heterocycles. The topological polar surface area (TPSA) is 96.8 Å². The highest BCUT2D eigenvalue weighted by Gasteiger charge is 2.30. The molecular weight excluding hydrogens is 423 g/mol. The van der Waals surface area contributed by atoms with E-state index in [0.717, 1.165) is 12.1 Å². The third-order valence-corrected chi connectivity index (χ3v) is 4.25. The third-order valence-electron chi connectivity index (χ3n) is 4.25. The van der Waals surface area contributed by atoms with Crippen molar-refractivity contribution in [2.75, 3.05) is 16.0 Å². The van der Waals surface area contributed by atoms with E-state index in [1.807, 2.05) is 0 Å². The van der Waals surface area contributed by atoms with Crippen LogP contribution in [0.3, 0.4) is 0 Å². The molecule has 0 saturated carbocycles. The number of hydrogen-bond acceptors (Lipinski definition) is 5. The van der Waals surface area contributed by atoms with Crippen LogP contribution in [0.5, 0.6) is 0 Å². The number of rotatable bonds is 5. The van der Waals surface area contributed by atoms with Crippen LogP contribution in [0.4, 0.5) is 40.8 Å². The first-order valence-corrected chi connectivity index (χ1v) is 9.33. The Morgan fingerprint density at radius 3 is 2.25 bits per heavy atom. The summed E-state index contributed by atoms with van der Waals surface area (Å²) >= 11 is 0. The van der Waals surface area contributed by atoms with Crippen molar-refractivity contribution < 1.29 is 18.0 Å². The zero-order valence-corrected chi connectivity index (χ0v) is 16.3. The van der Waals surface area contributed by atoms with Gasteiger partial charge < -0.3 is 16.0 Å². The summed E-state index contributed by atoms with van der Waals surface area (Å²) in [5, 5.41) is 20.3. The smallest absolute Gasteiger partial charge is 0.339 e. The Hall–Kier alpha value is -4.41. The molecule has 2 heterocycles. The molecule has 0 aliphatic carbocycles. The van der Waals surface area contributed by atoms with Crippen LogP contribution in [0.1, 0.15) is 5.56 Å². The first kappa shape index (κ1) is 20.8. The molecule has 0 radical (unpaired) electrons. The Labute approximate surface area is 180 Å². The van der Waals surface area contributed by atoms with E-state index in [4.69, 9.17) is 0 Å². The number of anilines is 4. The number of nitrogens with zero attached hydrogens (tertiary/aromatic N) is 4. The van der Waals surface area contributed by atoms with Crippen LogP contribution in [-0.4, -0.2) is 26.0 Å². The van der Waals surface area contributed by atoms with Gasteiger partial charge in [0.25, 0.3) is 0 Å². The molecule has 2 aromatic carbocycles. The minimum Gasteiger partial charge on any atom is -0.339 e. The molecule has 0 atom stereocenters. The van der Waals surface area contributed by atoms with Gasteiger partial charge in [-0.1, -0.05) is 6.07 Å².